The lowest BCUT2D eigenvalue weighted by Crippen LogP contribution is -2.53. The van der Waals surface area contributed by atoms with Gasteiger partial charge in [-0.2, -0.15) is 0 Å². The molecule has 1 amide bonds. The molecule has 34 heavy (non-hydrogen) atoms. The lowest BCUT2D eigenvalue weighted by Gasteiger charge is -2.42. The summed E-state index contributed by atoms with van der Waals surface area (Å²) in [5, 5.41) is 11.6. The molecule has 1 aromatic rings. The predicted molar refractivity (Wildman–Crippen MR) is 117 cm³/mol. The van der Waals surface area contributed by atoms with Crippen molar-refractivity contribution in [1.82, 2.24) is 5.32 Å². The van der Waals surface area contributed by atoms with Crippen LogP contribution in [-0.2, 0) is 28.5 Å². The normalized spacial score (nSPS) is 20.7. The lowest BCUT2D eigenvalue weighted by molar-refractivity contribution is -0.145. The van der Waals surface area contributed by atoms with Gasteiger partial charge in [-0.1, -0.05) is 13.8 Å². The number of benzene rings is 1. The monoisotopic (exact) mass is 480 g/mol. The Morgan fingerprint density at radius 3 is 2.59 bits per heavy atom. The van der Waals surface area contributed by atoms with E-state index in [4.69, 9.17) is 14.4 Å². The fourth-order valence-electron chi connectivity index (χ4n) is 4.06. The maximum atomic E-state index is 14.1. The average molecular weight is 480 g/mol. The molecule has 2 saturated heterocycles. The van der Waals surface area contributed by atoms with Gasteiger partial charge in [-0.15, -0.1) is 0 Å². The zero-order chi connectivity index (χ0) is 25.0. The maximum Gasteiger partial charge on any atom is 0.552 e. The number of hydrogen-bond acceptors (Lipinski definition) is 7. The van der Waals surface area contributed by atoms with Crippen LogP contribution in [0.4, 0.5) is 14.5 Å². The van der Waals surface area contributed by atoms with E-state index in [9.17, 15) is 28.0 Å². The standard InChI is InChI=1S/C22H27BF2N2O7/c1-12(2)9-19(23-33-18(11-21(30)31)22(32)34-23)26-20(29)6-5-17(28)16-7-8-27(16)15-4-3-13(24)10-14(15)25/h3-4,10,12,16,18-19H,5-9,11H2,1-2H3,(H,26,29)(H,30,31)/t16-,18-,19-/m0/s1. The van der Waals surface area contributed by atoms with Crippen LogP contribution < -0.4 is 10.2 Å². The molecule has 0 aromatic heterocycles. The van der Waals surface area contributed by atoms with Gasteiger partial charge in [0, 0.05) is 25.5 Å². The zero-order valence-electron chi connectivity index (χ0n) is 19.0. The quantitative estimate of drug-likeness (QED) is 0.461. The number of carbonyl (C=O) groups excluding carboxylic acids is 3. The molecule has 2 aliphatic heterocycles. The molecule has 12 heteroatoms. The van der Waals surface area contributed by atoms with Gasteiger partial charge >= 0.3 is 19.1 Å². The third-order valence-corrected chi connectivity index (χ3v) is 5.76. The van der Waals surface area contributed by atoms with Gasteiger partial charge in [0.05, 0.1) is 24.1 Å². The first-order valence-electron chi connectivity index (χ1n) is 11.2. The van der Waals surface area contributed by atoms with Crippen molar-refractivity contribution in [1.29, 1.82) is 0 Å². The molecule has 2 aliphatic rings. The number of aliphatic carboxylic acids is 1. The average Bonchev–Trinajstić information content (AvgIpc) is 3.06. The number of nitrogens with zero attached hydrogens (tertiary/aromatic N) is 1. The summed E-state index contributed by atoms with van der Waals surface area (Å²) in [6, 6.07) is 2.58. The minimum atomic E-state index is -1.24. The molecule has 0 spiro atoms. The molecule has 2 fully saturated rings. The molecule has 3 rings (SSSR count). The van der Waals surface area contributed by atoms with Gasteiger partial charge in [-0.05, 0) is 30.9 Å². The second-order valence-corrected chi connectivity index (χ2v) is 8.89. The minimum Gasteiger partial charge on any atom is -0.506 e. The molecule has 1 aromatic carbocycles. The number of carbonyl (C=O) groups is 4. The molecule has 0 radical (unpaired) electrons. The van der Waals surface area contributed by atoms with Gasteiger partial charge in [0.1, 0.15) is 11.6 Å². The number of anilines is 1. The van der Waals surface area contributed by atoms with E-state index in [0.29, 0.717) is 19.4 Å². The van der Waals surface area contributed by atoms with Crippen molar-refractivity contribution in [2.75, 3.05) is 11.4 Å². The van der Waals surface area contributed by atoms with Crippen LogP contribution in [0.5, 0.6) is 0 Å². The van der Waals surface area contributed by atoms with Crippen molar-refractivity contribution in [3.05, 3.63) is 29.8 Å². The number of Topliss-reactive ketones (excluding diaryl/α,β-unsaturated/α-hetero) is 1. The summed E-state index contributed by atoms with van der Waals surface area (Å²) in [4.78, 5) is 49.5. The summed E-state index contributed by atoms with van der Waals surface area (Å²) >= 11 is 0. The lowest BCUT2D eigenvalue weighted by atomic mass is 9.74. The zero-order valence-corrected chi connectivity index (χ0v) is 19.0. The first-order valence-corrected chi connectivity index (χ1v) is 11.2. The van der Waals surface area contributed by atoms with E-state index in [1.807, 2.05) is 13.8 Å². The Morgan fingerprint density at radius 1 is 1.26 bits per heavy atom. The maximum absolute atomic E-state index is 14.1. The molecular weight excluding hydrogens is 453 g/mol. The van der Waals surface area contributed by atoms with Crippen molar-refractivity contribution in [2.24, 2.45) is 5.92 Å². The summed E-state index contributed by atoms with van der Waals surface area (Å²) in [7, 11) is -1.12. The van der Waals surface area contributed by atoms with Crippen LogP contribution in [0, 0.1) is 17.6 Å². The molecular formula is C22H27BF2N2O7. The summed E-state index contributed by atoms with van der Waals surface area (Å²) in [6.45, 7) is 4.24. The van der Waals surface area contributed by atoms with E-state index in [0.717, 1.165) is 12.1 Å². The summed E-state index contributed by atoms with van der Waals surface area (Å²) < 4.78 is 37.8. The Morgan fingerprint density at radius 2 is 2.00 bits per heavy atom. The number of ketones is 1. The Kier molecular flexibility index (Phi) is 8.24. The van der Waals surface area contributed by atoms with E-state index < -0.39 is 61.1 Å². The molecule has 9 nitrogen and oxygen atoms in total. The Bertz CT molecular complexity index is 961. The number of carboxylic acid groups (broad SMARTS) is 1. The first-order chi connectivity index (χ1) is 16.0. The first kappa shape index (κ1) is 25.6. The number of halogens is 2. The third kappa shape index (κ3) is 6.31. The van der Waals surface area contributed by atoms with Crippen molar-refractivity contribution >= 4 is 36.4 Å². The molecule has 2 heterocycles. The van der Waals surface area contributed by atoms with Crippen LogP contribution in [0.15, 0.2) is 18.2 Å². The smallest absolute Gasteiger partial charge is 0.506 e. The number of carboxylic acids is 1. The van der Waals surface area contributed by atoms with Crippen LogP contribution in [0.3, 0.4) is 0 Å². The molecule has 0 saturated carbocycles. The molecule has 184 valence electrons. The number of hydrogen-bond donors (Lipinski definition) is 2. The van der Waals surface area contributed by atoms with E-state index in [2.05, 4.69) is 5.32 Å². The molecule has 0 aliphatic carbocycles. The fourth-order valence-corrected chi connectivity index (χ4v) is 4.06. The molecule has 0 bridgehead atoms. The Hall–Kier alpha value is -3.02. The highest BCUT2D eigenvalue weighted by Crippen LogP contribution is 2.30. The van der Waals surface area contributed by atoms with Crippen molar-refractivity contribution in [3.8, 4) is 0 Å². The topological polar surface area (TPSA) is 122 Å². The third-order valence-electron chi connectivity index (χ3n) is 5.76. The predicted octanol–water partition coefficient (Wildman–Crippen LogP) is 1.87. The van der Waals surface area contributed by atoms with E-state index in [1.165, 1.54) is 6.07 Å². The highest BCUT2D eigenvalue weighted by Gasteiger charge is 2.46. The number of nitrogens with one attached hydrogen (secondary N) is 1. The molecule has 0 unspecified atom stereocenters. The van der Waals surface area contributed by atoms with Crippen molar-refractivity contribution in [3.63, 3.8) is 0 Å². The van der Waals surface area contributed by atoms with Gasteiger partial charge in [0.15, 0.2) is 11.9 Å². The van der Waals surface area contributed by atoms with Crippen LogP contribution in [-0.4, -0.2) is 60.5 Å². The van der Waals surface area contributed by atoms with Crippen LogP contribution >= 0.6 is 0 Å². The molecule has 3 atom stereocenters. The highest BCUT2D eigenvalue weighted by molar-refractivity contribution is 6.51. The van der Waals surface area contributed by atoms with Crippen LogP contribution in [0.1, 0.15) is 46.0 Å². The Labute approximate surface area is 195 Å². The van der Waals surface area contributed by atoms with Crippen LogP contribution in [0.2, 0.25) is 0 Å². The summed E-state index contributed by atoms with van der Waals surface area (Å²) in [5.41, 5.74) is 0.142. The van der Waals surface area contributed by atoms with Crippen molar-refractivity contribution in [2.45, 2.75) is 64.0 Å². The van der Waals surface area contributed by atoms with E-state index >= 15 is 0 Å². The summed E-state index contributed by atoms with van der Waals surface area (Å²) in [5.74, 6) is -4.78. The van der Waals surface area contributed by atoms with E-state index in [1.54, 1.807) is 4.90 Å². The number of amides is 1. The fraction of sp³-hybridized carbons (Fsp3) is 0.545. The van der Waals surface area contributed by atoms with Gasteiger partial charge in [0.2, 0.25) is 5.91 Å². The van der Waals surface area contributed by atoms with Crippen molar-refractivity contribution < 1.29 is 42.4 Å². The molecule has 2 N–H and O–H groups in total. The second-order valence-electron chi connectivity index (χ2n) is 8.89. The van der Waals surface area contributed by atoms with Gasteiger partial charge in [-0.25, -0.2) is 8.78 Å². The van der Waals surface area contributed by atoms with Crippen LogP contribution in [0.25, 0.3) is 0 Å². The highest BCUT2D eigenvalue weighted by atomic mass is 19.1. The number of rotatable bonds is 11. The summed E-state index contributed by atoms with van der Waals surface area (Å²) in [6.07, 6.45) is -1.10. The largest absolute Gasteiger partial charge is 0.552 e. The van der Waals surface area contributed by atoms with Gasteiger partial charge in [-0.3, -0.25) is 19.2 Å². The van der Waals surface area contributed by atoms with Gasteiger partial charge in [0.25, 0.3) is 0 Å². The Balaban J connectivity index is 1.54. The second kappa shape index (κ2) is 10.9. The van der Waals surface area contributed by atoms with Gasteiger partial charge < -0.3 is 24.6 Å². The minimum absolute atomic E-state index is 0.0861. The van der Waals surface area contributed by atoms with E-state index in [-0.39, 0.29) is 30.2 Å². The SMILES string of the molecule is CC(C)C[C@H](NC(=O)CCC(=O)[C@@H]1CCN1c1ccc(F)cc1F)B1OC(=O)[C@H](CC(=O)O)O1.